The standard InChI is InChI=1S/C13H15BrN2O2/c14-9-4-5-12(10(7-9)11(15)8-17)16-13-3-1-2-6-18-13/h4-5,7-8,13,15-16H,1-3,6H2. The molecule has 0 radical (unpaired) electrons. The average molecular weight is 311 g/mol. The van der Waals surface area contributed by atoms with Gasteiger partial charge in [-0.05, 0) is 37.5 Å². The first-order valence-corrected chi connectivity index (χ1v) is 6.72. The van der Waals surface area contributed by atoms with Crippen LogP contribution in [0.3, 0.4) is 0 Å². The van der Waals surface area contributed by atoms with E-state index in [-0.39, 0.29) is 11.9 Å². The molecule has 1 aliphatic heterocycles. The summed E-state index contributed by atoms with van der Waals surface area (Å²) >= 11 is 3.35. The molecule has 0 bridgehead atoms. The molecule has 0 aliphatic carbocycles. The van der Waals surface area contributed by atoms with E-state index in [1.54, 1.807) is 6.07 Å². The first-order chi connectivity index (χ1) is 8.70. The maximum absolute atomic E-state index is 10.8. The Morgan fingerprint density at radius 2 is 2.33 bits per heavy atom. The number of benzene rings is 1. The lowest BCUT2D eigenvalue weighted by Gasteiger charge is -2.25. The van der Waals surface area contributed by atoms with Gasteiger partial charge in [-0.15, -0.1) is 0 Å². The average Bonchev–Trinajstić information content (AvgIpc) is 2.41. The highest BCUT2D eigenvalue weighted by Gasteiger charge is 2.16. The highest BCUT2D eigenvalue weighted by Crippen LogP contribution is 2.24. The quantitative estimate of drug-likeness (QED) is 0.664. The number of carbonyl (C=O) groups excluding carboxylic acids is 1. The summed E-state index contributed by atoms with van der Waals surface area (Å²) < 4.78 is 6.45. The second kappa shape index (κ2) is 6.11. The van der Waals surface area contributed by atoms with Gasteiger partial charge in [0.25, 0.3) is 0 Å². The molecule has 1 fully saturated rings. The summed E-state index contributed by atoms with van der Waals surface area (Å²) in [5.41, 5.74) is 1.32. The Bertz CT molecular complexity index is 456. The molecule has 1 saturated heterocycles. The van der Waals surface area contributed by atoms with Crippen LogP contribution in [0, 0.1) is 5.41 Å². The maximum Gasteiger partial charge on any atom is 0.168 e. The zero-order valence-electron chi connectivity index (χ0n) is 9.91. The van der Waals surface area contributed by atoms with Crippen LogP contribution in [0.4, 0.5) is 5.69 Å². The lowest BCUT2D eigenvalue weighted by Crippen LogP contribution is -2.28. The van der Waals surface area contributed by atoms with Crippen LogP contribution in [0.2, 0.25) is 0 Å². The van der Waals surface area contributed by atoms with E-state index in [9.17, 15) is 4.79 Å². The molecule has 1 aromatic carbocycles. The summed E-state index contributed by atoms with van der Waals surface area (Å²) in [6.45, 7) is 0.759. The molecule has 1 aliphatic rings. The molecule has 1 unspecified atom stereocenters. The topological polar surface area (TPSA) is 62.2 Å². The normalized spacial score (nSPS) is 19.3. The molecule has 2 N–H and O–H groups in total. The van der Waals surface area contributed by atoms with E-state index in [2.05, 4.69) is 21.2 Å². The minimum atomic E-state index is -0.0328. The van der Waals surface area contributed by atoms with Crippen LogP contribution in [0.15, 0.2) is 22.7 Å². The monoisotopic (exact) mass is 310 g/mol. The number of rotatable bonds is 4. The van der Waals surface area contributed by atoms with Gasteiger partial charge in [0.15, 0.2) is 6.29 Å². The molecule has 2 rings (SSSR count). The molecule has 0 spiro atoms. The minimum Gasteiger partial charge on any atom is -0.360 e. The van der Waals surface area contributed by atoms with Crippen molar-refractivity contribution in [3.05, 3.63) is 28.2 Å². The second-order valence-corrected chi connectivity index (χ2v) is 5.14. The summed E-state index contributed by atoms with van der Waals surface area (Å²) in [5.74, 6) is 0. The molecule has 0 amide bonds. The van der Waals surface area contributed by atoms with Crippen LogP contribution >= 0.6 is 15.9 Å². The lowest BCUT2D eigenvalue weighted by atomic mass is 10.1. The second-order valence-electron chi connectivity index (χ2n) is 4.22. The molecule has 5 heteroatoms. The van der Waals surface area contributed by atoms with Crippen LogP contribution in [0.1, 0.15) is 24.8 Å². The number of anilines is 1. The van der Waals surface area contributed by atoms with E-state index in [1.165, 1.54) is 0 Å². The van der Waals surface area contributed by atoms with Gasteiger partial charge in [-0.2, -0.15) is 0 Å². The zero-order chi connectivity index (χ0) is 13.0. The first-order valence-electron chi connectivity index (χ1n) is 5.92. The number of carbonyl (C=O) groups is 1. The fourth-order valence-corrected chi connectivity index (χ4v) is 2.32. The first kappa shape index (κ1) is 13.2. The molecule has 0 saturated carbocycles. The third kappa shape index (κ3) is 3.17. The van der Waals surface area contributed by atoms with Crippen molar-refractivity contribution in [3.63, 3.8) is 0 Å². The van der Waals surface area contributed by atoms with Crippen LogP contribution in [-0.4, -0.2) is 24.8 Å². The Balaban J connectivity index is 2.20. The number of halogens is 1. The summed E-state index contributed by atoms with van der Waals surface area (Å²) in [4.78, 5) is 10.8. The van der Waals surface area contributed by atoms with Crippen molar-refractivity contribution in [2.24, 2.45) is 0 Å². The van der Waals surface area contributed by atoms with Gasteiger partial charge in [0.2, 0.25) is 0 Å². The fraction of sp³-hybridized carbons (Fsp3) is 0.385. The molecular weight excluding hydrogens is 296 g/mol. The van der Waals surface area contributed by atoms with Crippen LogP contribution in [-0.2, 0) is 9.53 Å². The predicted molar refractivity (Wildman–Crippen MR) is 74.2 cm³/mol. The van der Waals surface area contributed by atoms with Gasteiger partial charge >= 0.3 is 0 Å². The minimum absolute atomic E-state index is 0.0295. The van der Waals surface area contributed by atoms with E-state index in [0.29, 0.717) is 11.8 Å². The number of hydrogen-bond donors (Lipinski definition) is 2. The summed E-state index contributed by atoms with van der Waals surface area (Å²) in [6.07, 6.45) is 3.70. The number of ether oxygens (including phenoxy) is 1. The summed E-state index contributed by atoms with van der Waals surface area (Å²) in [5, 5.41) is 10.9. The van der Waals surface area contributed by atoms with Gasteiger partial charge in [0, 0.05) is 22.3 Å². The van der Waals surface area contributed by atoms with Gasteiger partial charge in [0.1, 0.15) is 11.9 Å². The van der Waals surface area contributed by atoms with Crippen molar-refractivity contribution in [1.82, 2.24) is 0 Å². The van der Waals surface area contributed by atoms with Crippen LogP contribution < -0.4 is 5.32 Å². The predicted octanol–water partition coefficient (Wildman–Crippen LogP) is 2.95. The van der Waals surface area contributed by atoms with Crippen molar-refractivity contribution in [2.75, 3.05) is 11.9 Å². The Labute approximate surface area is 114 Å². The Hall–Kier alpha value is -1.20. The van der Waals surface area contributed by atoms with Crippen molar-refractivity contribution in [1.29, 1.82) is 5.41 Å². The Kier molecular flexibility index (Phi) is 4.49. The molecule has 1 heterocycles. The van der Waals surface area contributed by atoms with Crippen molar-refractivity contribution < 1.29 is 9.53 Å². The Morgan fingerprint density at radius 1 is 1.50 bits per heavy atom. The van der Waals surface area contributed by atoms with Gasteiger partial charge in [-0.1, -0.05) is 15.9 Å². The lowest BCUT2D eigenvalue weighted by molar-refractivity contribution is -0.102. The number of nitrogens with one attached hydrogen (secondary N) is 2. The molecule has 96 valence electrons. The van der Waals surface area contributed by atoms with E-state index in [0.717, 1.165) is 36.0 Å². The molecular formula is C13H15BrN2O2. The molecule has 4 nitrogen and oxygen atoms in total. The highest BCUT2D eigenvalue weighted by atomic mass is 79.9. The van der Waals surface area contributed by atoms with Gasteiger partial charge in [-0.3, -0.25) is 10.2 Å². The van der Waals surface area contributed by atoms with Gasteiger partial charge in [-0.25, -0.2) is 0 Å². The maximum atomic E-state index is 10.8. The smallest absolute Gasteiger partial charge is 0.168 e. The van der Waals surface area contributed by atoms with E-state index in [4.69, 9.17) is 10.1 Å². The molecule has 1 aromatic rings. The van der Waals surface area contributed by atoms with Crippen LogP contribution in [0.25, 0.3) is 0 Å². The zero-order valence-corrected chi connectivity index (χ0v) is 11.5. The molecule has 18 heavy (non-hydrogen) atoms. The van der Waals surface area contributed by atoms with Crippen LogP contribution in [0.5, 0.6) is 0 Å². The number of aldehydes is 1. The largest absolute Gasteiger partial charge is 0.360 e. The van der Waals surface area contributed by atoms with Crippen molar-refractivity contribution >= 4 is 33.6 Å². The third-order valence-corrected chi connectivity index (χ3v) is 3.38. The SMILES string of the molecule is N=C(C=O)c1cc(Br)ccc1NC1CCCCO1. The van der Waals surface area contributed by atoms with E-state index < -0.39 is 0 Å². The third-order valence-electron chi connectivity index (χ3n) is 2.89. The van der Waals surface area contributed by atoms with Crippen molar-refractivity contribution in [3.8, 4) is 0 Å². The molecule has 1 atom stereocenters. The van der Waals surface area contributed by atoms with Crippen molar-refractivity contribution in [2.45, 2.75) is 25.5 Å². The fourth-order valence-electron chi connectivity index (χ4n) is 1.96. The Morgan fingerprint density at radius 3 is 3.00 bits per heavy atom. The molecule has 0 aromatic heterocycles. The summed E-state index contributed by atoms with van der Waals surface area (Å²) in [6, 6.07) is 5.50. The van der Waals surface area contributed by atoms with E-state index in [1.807, 2.05) is 12.1 Å². The van der Waals surface area contributed by atoms with Gasteiger partial charge in [0.05, 0.1) is 0 Å². The highest BCUT2D eigenvalue weighted by molar-refractivity contribution is 9.10. The number of hydrogen-bond acceptors (Lipinski definition) is 4. The summed E-state index contributed by atoms with van der Waals surface area (Å²) in [7, 11) is 0. The van der Waals surface area contributed by atoms with Gasteiger partial charge < -0.3 is 10.1 Å². The van der Waals surface area contributed by atoms with E-state index >= 15 is 0 Å².